The van der Waals surface area contributed by atoms with Crippen molar-refractivity contribution in [2.45, 2.75) is 50.7 Å². The molecule has 3 saturated heterocycles. The molecule has 0 aliphatic carbocycles. The van der Waals surface area contributed by atoms with Crippen molar-refractivity contribution < 1.29 is 9.84 Å². The van der Waals surface area contributed by atoms with Crippen LogP contribution in [0.5, 0.6) is 11.5 Å². The summed E-state index contributed by atoms with van der Waals surface area (Å²) < 4.78 is 5.19. The van der Waals surface area contributed by atoms with Gasteiger partial charge in [-0.1, -0.05) is 42.8 Å². The van der Waals surface area contributed by atoms with Crippen LogP contribution in [-0.4, -0.2) is 53.7 Å². The second-order valence-electron chi connectivity index (χ2n) is 9.60. The molecule has 4 atom stereocenters. The molecule has 2 bridgehead atoms. The first kappa shape index (κ1) is 19.9. The van der Waals surface area contributed by atoms with Crippen molar-refractivity contribution in [1.82, 2.24) is 9.80 Å². The first-order valence-electron chi connectivity index (χ1n) is 11.6. The van der Waals surface area contributed by atoms with Gasteiger partial charge in [0.05, 0.1) is 7.11 Å². The van der Waals surface area contributed by atoms with E-state index in [1.54, 1.807) is 7.11 Å². The van der Waals surface area contributed by atoms with Crippen LogP contribution in [0, 0.1) is 11.8 Å². The van der Waals surface area contributed by atoms with Gasteiger partial charge in [0.2, 0.25) is 0 Å². The van der Waals surface area contributed by atoms with E-state index in [0.29, 0.717) is 11.8 Å². The number of hydrogen-bond donors (Lipinski definition) is 1. The summed E-state index contributed by atoms with van der Waals surface area (Å²) in [7, 11) is 1.60. The predicted octanol–water partition coefficient (Wildman–Crippen LogP) is 4.32. The lowest BCUT2D eigenvalue weighted by atomic mass is 9.74. The van der Waals surface area contributed by atoms with Crippen LogP contribution in [0.1, 0.15) is 36.8 Å². The average Bonchev–Trinajstić information content (AvgIpc) is 2.75. The number of ether oxygens (including phenoxy) is 1. The Morgan fingerprint density at radius 2 is 1.87 bits per heavy atom. The second kappa shape index (κ2) is 8.60. The number of phenolic OH excluding ortho intramolecular Hbond substituents is 1. The molecule has 3 aliphatic rings. The van der Waals surface area contributed by atoms with Gasteiger partial charge in [0, 0.05) is 38.3 Å². The van der Waals surface area contributed by atoms with Crippen LogP contribution in [0.4, 0.5) is 0 Å². The van der Waals surface area contributed by atoms with Crippen LogP contribution in [0.25, 0.3) is 0 Å². The number of methoxy groups -OCH3 is 1. The Kier molecular flexibility index (Phi) is 5.70. The summed E-state index contributed by atoms with van der Waals surface area (Å²) in [5.74, 6) is 2.34. The number of rotatable bonds is 5. The Balaban J connectivity index is 1.26. The van der Waals surface area contributed by atoms with E-state index in [1.807, 2.05) is 12.1 Å². The number of aromatic hydroxyl groups is 1. The fraction of sp³-hybridized carbons (Fsp3) is 0.538. The molecule has 0 saturated carbocycles. The van der Waals surface area contributed by atoms with Gasteiger partial charge in [-0.2, -0.15) is 0 Å². The molecule has 5 rings (SSSR count). The summed E-state index contributed by atoms with van der Waals surface area (Å²) in [6.45, 7) is 4.53. The Morgan fingerprint density at radius 3 is 2.67 bits per heavy atom. The molecule has 0 amide bonds. The van der Waals surface area contributed by atoms with E-state index in [9.17, 15) is 5.11 Å². The summed E-state index contributed by atoms with van der Waals surface area (Å²) >= 11 is 0. The zero-order valence-corrected chi connectivity index (χ0v) is 18.0. The largest absolute Gasteiger partial charge is 0.504 e. The van der Waals surface area contributed by atoms with E-state index in [4.69, 9.17) is 4.74 Å². The molecule has 3 fully saturated rings. The number of hydrogen-bond acceptors (Lipinski definition) is 4. The van der Waals surface area contributed by atoms with Crippen molar-refractivity contribution >= 4 is 0 Å². The highest BCUT2D eigenvalue weighted by atomic mass is 16.5. The maximum Gasteiger partial charge on any atom is 0.160 e. The lowest BCUT2D eigenvalue weighted by molar-refractivity contribution is -0.0578. The highest BCUT2D eigenvalue weighted by Crippen LogP contribution is 2.40. The normalized spacial score (nSPS) is 29.4. The van der Waals surface area contributed by atoms with Gasteiger partial charge in [-0.05, 0) is 60.8 Å². The van der Waals surface area contributed by atoms with Crippen molar-refractivity contribution in [3.8, 4) is 11.5 Å². The molecular formula is C26H34N2O2. The minimum Gasteiger partial charge on any atom is -0.504 e. The molecule has 0 unspecified atom stereocenters. The van der Waals surface area contributed by atoms with Crippen molar-refractivity contribution in [1.29, 1.82) is 0 Å². The third kappa shape index (κ3) is 4.08. The van der Waals surface area contributed by atoms with Crippen molar-refractivity contribution in [2.75, 3.05) is 26.7 Å². The molecule has 30 heavy (non-hydrogen) atoms. The maximum absolute atomic E-state index is 10.1. The van der Waals surface area contributed by atoms with E-state index in [2.05, 4.69) is 46.2 Å². The Labute approximate surface area is 180 Å². The van der Waals surface area contributed by atoms with Crippen LogP contribution < -0.4 is 4.74 Å². The van der Waals surface area contributed by atoms with Gasteiger partial charge in [-0.15, -0.1) is 0 Å². The molecular weight excluding hydrogens is 372 g/mol. The Morgan fingerprint density at radius 1 is 1.00 bits per heavy atom. The van der Waals surface area contributed by atoms with E-state index < -0.39 is 0 Å². The number of piperidine rings is 3. The monoisotopic (exact) mass is 406 g/mol. The number of benzene rings is 2. The van der Waals surface area contributed by atoms with E-state index >= 15 is 0 Å². The van der Waals surface area contributed by atoms with Crippen LogP contribution in [0.2, 0.25) is 0 Å². The van der Waals surface area contributed by atoms with Gasteiger partial charge < -0.3 is 9.84 Å². The Hall–Kier alpha value is -2.04. The van der Waals surface area contributed by atoms with E-state index in [-0.39, 0.29) is 5.75 Å². The third-order valence-corrected chi connectivity index (χ3v) is 7.55. The Bertz CT molecular complexity index is 855. The topological polar surface area (TPSA) is 35.9 Å². The van der Waals surface area contributed by atoms with Crippen molar-refractivity contribution in [2.24, 2.45) is 11.8 Å². The predicted molar refractivity (Wildman–Crippen MR) is 120 cm³/mol. The van der Waals surface area contributed by atoms with Crippen LogP contribution >= 0.6 is 0 Å². The third-order valence-electron chi connectivity index (χ3n) is 7.55. The second-order valence-corrected chi connectivity index (χ2v) is 9.60. The molecule has 0 aromatic heterocycles. The van der Waals surface area contributed by atoms with Gasteiger partial charge in [0.1, 0.15) is 0 Å². The number of nitrogens with zero attached hydrogens (tertiary/aromatic N) is 2. The molecule has 0 radical (unpaired) electrons. The maximum atomic E-state index is 10.1. The van der Waals surface area contributed by atoms with E-state index in [1.165, 1.54) is 62.9 Å². The summed E-state index contributed by atoms with van der Waals surface area (Å²) in [6.07, 6.45) is 6.67. The molecule has 0 spiro atoms. The zero-order valence-electron chi connectivity index (χ0n) is 18.0. The minimum atomic E-state index is 0.245. The highest BCUT2D eigenvalue weighted by molar-refractivity contribution is 5.41. The summed E-state index contributed by atoms with van der Waals surface area (Å²) in [6, 6.07) is 18.4. The number of likely N-dealkylation sites (tertiary alicyclic amines) is 1. The lowest BCUT2D eigenvalue weighted by Gasteiger charge is -2.55. The van der Waals surface area contributed by atoms with Gasteiger partial charge >= 0.3 is 0 Å². The van der Waals surface area contributed by atoms with Crippen LogP contribution in [0.3, 0.4) is 0 Å². The molecule has 4 nitrogen and oxygen atoms in total. The standard InChI is InChI=1S/C26H34N2O2/c1-30-26-11-10-20(14-25(26)29)15-27-16-21-12-22(18-27)24-9-5-8-23(28(24)17-21)13-19-6-3-2-4-7-19/h2-4,6-7,10-11,14,21-24,29H,5,8-9,12-13,15-18H2,1H3/t21-,22+,23+,24-/m0/s1. The van der Waals surface area contributed by atoms with Gasteiger partial charge in [-0.25, -0.2) is 0 Å². The van der Waals surface area contributed by atoms with Crippen LogP contribution in [0.15, 0.2) is 48.5 Å². The zero-order chi connectivity index (χ0) is 20.5. The lowest BCUT2D eigenvalue weighted by Crippen LogP contribution is -2.61. The smallest absolute Gasteiger partial charge is 0.160 e. The SMILES string of the molecule is COc1ccc(CN2C[C@@H]3C[C@H](C2)[C@@H]2CCC[C@H](Cc4ccccc4)N2C3)cc1O. The number of fused-ring (bicyclic) bond motifs is 4. The molecule has 3 heterocycles. The van der Waals surface area contributed by atoms with Crippen LogP contribution in [-0.2, 0) is 13.0 Å². The molecule has 4 heteroatoms. The summed E-state index contributed by atoms with van der Waals surface area (Å²) in [5.41, 5.74) is 2.66. The molecule has 1 N–H and O–H groups in total. The fourth-order valence-electron chi connectivity index (χ4n) is 6.34. The molecule has 2 aromatic rings. The first-order valence-corrected chi connectivity index (χ1v) is 11.6. The van der Waals surface area contributed by atoms with Crippen molar-refractivity contribution in [3.63, 3.8) is 0 Å². The van der Waals surface area contributed by atoms with E-state index in [0.717, 1.165) is 24.4 Å². The summed E-state index contributed by atoms with van der Waals surface area (Å²) in [5, 5.41) is 10.1. The first-order chi connectivity index (χ1) is 14.7. The molecule has 3 aliphatic heterocycles. The molecule has 160 valence electrons. The minimum absolute atomic E-state index is 0.245. The van der Waals surface area contributed by atoms with Crippen molar-refractivity contribution in [3.05, 3.63) is 59.7 Å². The fourth-order valence-corrected chi connectivity index (χ4v) is 6.34. The van der Waals surface area contributed by atoms with Gasteiger partial charge in [0.15, 0.2) is 11.5 Å². The highest BCUT2D eigenvalue weighted by Gasteiger charge is 2.44. The summed E-state index contributed by atoms with van der Waals surface area (Å²) in [4.78, 5) is 5.52. The quantitative estimate of drug-likeness (QED) is 0.802. The van der Waals surface area contributed by atoms with Gasteiger partial charge in [-0.3, -0.25) is 9.80 Å². The number of phenols is 1. The molecule has 2 aromatic carbocycles. The average molecular weight is 407 g/mol. The van der Waals surface area contributed by atoms with Gasteiger partial charge in [0.25, 0.3) is 0 Å².